The molecule has 1 fully saturated rings. The van der Waals surface area contributed by atoms with Gasteiger partial charge < -0.3 is 10.2 Å². The monoisotopic (exact) mass is 342 g/mol. The second-order valence-electron chi connectivity index (χ2n) is 6.66. The topological polar surface area (TPSA) is 58.1 Å². The number of piperidine rings is 1. The van der Waals surface area contributed by atoms with E-state index in [1.54, 1.807) is 12.4 Å². The maximum absolute atomic E-state index is 12.5. The number of fused-ring (bicyclic) bond motifs is 1. The van der Waals surface area contributed by atoms with Crippen LogP contribution >= 0.6 is 11.3 Å². The molecule has 1 aliphatic heterocycles. The molecule has 1 N–H and O–H groups in total. The number of aromatic nitrogens is 2. The van der Waals surface area contributed by atoms with Crippen molar-refractivity contribution >= 4 is 23.1 Å². The van der Waals surface area contributed by atoms with Crippen LogP contribution in [0.5, 0.6) is 0 Å². The number of rotatable bonds is 2. The molecule has 0 saturated carbocycles. The van der Waals surface area contributed by atoms with E-state index >= 15 is 0 Å². The molecule has 0 atom stereocenters. The molecule has 24 heavy (non-hydrogen) atoms. The Bertz CT molecular complexity index is 728. The van der Waals surface area contributed by atoms with E-state index in [4.69, 9.17) is 4.98 Å². The summed E-state index contributed by atoms with van der Waals surface area (Å²) < 4.78 is 0. The summed E-state index contributed by atoms with van der Waals surface area (Å²) in [5.74, 6) is 0.521. The number of anilines is 1. The van der Waals surface area contributed by atoms with Gasteiger partial charge in [0.15, 0.2) is 0 Å². The van der Waals surface area contributed by atoms with Gasteiger partial charge in [0.2, 0.25) is 0 Å². The average molecular weight is 342 g/mol. The number of thiazole rings is 1. The van der Waals surface area contributed by atoms with Crippen molar-refractivity contribution in [1.82, 2.24) is 14.9 Å². The van der Waals surface area contributed by atoms with Crippen molar-refractivity contribution < 1.29 is 4.79 Å². The zero-order valence-corrected chi connectivity index (χ0v) is 14.7. The number of urea groups is 1. The zero-order chi connectivity index (χ0) is 16.5. The maximum atomic E-state index is 12.5. The molecule has 3 heterocycles. The third kappa shape index (κ3) is 3.02. The maximum Gasteiger partial charge on any atom is 0.321 e. The van der Waals surface area contributed by atoms with Gasteiger partial charge >= 0.3 is 6.03 Å². The Morgan fingerprint density at radius 3 is 2.92 bits per heavy atom. The van der Waals surface area contributed by atoms with E-state index in [1.165, 1.54) is 28.4 Å². The number of hydrogen-bond donors (Lipinski definition) is 1. The zero-order valence-electron chi connectivity index (χ0n) is 13.9. The van der Waals surface area contributed by atoms with E-state index < -0.39 is 0 Å². The molecule has 2 aromatic rings. The fraction of sp³-hybridized carbons (Fsp3) is 0.500. The molecule has 126 valence electrons. The predicted octanol–water partition coefficient (Wildman–Crippen LogP) is 3.75. The van der Waals surface area contributed by atoms with Gasteiger partial charge in [-0.1, -0.05) is 0 Å². The number of pyridine rings is 1. The van der Waals surface area contributed by atoms with E-state index in [0.717, 1.165) is 43.6 Å². The summed E-state index contributed by atoms with van der Waals surface area (Å²) in [4.78, 5) is 24.8. The minimum atomic E-state index is -0.00983. The number of likely N-dealkylation sites (tertiary alicyclic amines) is 1. The van der Waals surface area contributed by atoms with Crippen LogP contribution in [0.1, 0.15) is 46.3 Å². The van der Waals surface area contributed by atoms with Gasteiger partial charge in [0.25, 0.3) is 0 Å². The van der Waals surface area contributed by atoms with E-state index in [0.29, 0.717) is 5.92 Å². The Morgan fingerprint density at radius 1 is 1.33 bits per heavy atom. The van der Waals surface area contributed by atoms with Crippen LogP contribution in [0.25, 0.3) is 0 Å². The van der Waals surface area contributed by atoms with Gasteiger partial charge in [0, 0.05) is 42.0 Å². The fourth-order valence-corrected chi connectivity index (χ4v) is 4.84. The molecule has 4 rings (SSSR count). The van der Waals surface area contributed by atoms with Crippen LogP contribution < -0.4 is 5.32 Å². The molecular weight excluding hydrogens is 320 g/mol. The van der Waals surface area contributed by atoms with Crippen molar-refractivity contribution in [3.8, 4) is 0 Å². The molecule has 5 nitrogen and oxygen atoms in total. The van der Waals surface area contributed by atoms with Crippen molar-refractivity contribution in [2.75, 3.05) is 18.4 Å². The van der Waals surface area contributed by atoms with E-state index in [-0.39, 0.29) is 6.03 Å². The van der Waals surface area contributed by atoms with Gasteiger partial charge in [-0.3, -0.25) is 4.98 Å². The number of hydrogen-bond acceptors (Lipinski definition) is 4. The Balaban J connectivity index is 1.35. The molecule has 2 amide bonds. The first-order chi connectivity index (χ1) is 11.7. The average Bonchev–Trinajstić information content (AvgIpc) is 3.19. The number of carbonyl (C=O) groups excluding carboxylic acids is 1. The van der Waals surface area contributed by atoms with Crippen LogP contribution in [0.15, 0.2) is 18.5 Å². The van der Waals surface area contributed by atoms with Crippen LogP contribution in [0.4, 0.5) is 10.5 Å². The minimum absolute atomic E-state index is 0.00983. The normalized spacial score (nSPS) is 17.8. The smallest absolute Gasteiger partial charge is 0.321 e. The number of aryl methyl sites for hydroxylation is 3. The Labute approximate surface area is 146 Å². The lowest BCUT2D eigenvalue weighted by Crippen LogP contribution is -2.40. The Hall–Kier alpha value is -1.95. The van der Waals surface area contributed by atoms with E-state index in [2.05, 4.69) is 10.3 Å². The quantitative estimate of drug-likeness (QED) is 0.904. The first-order valence-corrected chi connectivity index (χ1v) is 9.47. The molecule has 0 radical (unpaired) electrons. The summed E-state index contributed by atoms with van der Waals surface area (Å²) in [6.07, 6.45) is 9.11. The van der Waals surface area contributed by atoms with E-state index in [1.807, 2.05) is 29.2 Å². The first kappa shape index (κ1) is 15.6. The minimum Gasteiger partial charge on any atom is -0.324 e. The van der Waals surface area contributed by atoms with Gasteiger partial charge in [-0.25, -0.2) is 9.78 Å². The van der Waals surface area contributed by atoms with E-state index in [9.17, 15) is 4.79 Å². The standard InChI is InChI=1S/C18H22N4OS/c1-12-11-19-8-5-14(12)21-18(23)22-9-6-13(7-10-22)17-20-15-3-2-4-16(15)24-17/h5,8,11,13H,2-4,6-7,9-10H2,1H3,(H,19,21,23). The van der Waals surface area contributed by atoms with Gasteiger partial charge in [0.1, 0.15) is 0 Å². The molecule has 0 unspecified atom stereocenters. The molecule has 0 bridgehead atoms. The van der Waals surface area contributed by atoms with Gasteiger partial charge in [0.05, 0.1) is 10.7 Å². The predicted molar refractivity (Wildman–Crippen MR) is 95.7 cm³/mol. The van der Waals surface area contributed by atoms with Gasteiger partial charge in [-0.15, -0.1) is 11.3 Å². The van der Waals surface area contributed by atoms with Crippen molar-refractivity contribution in [2.24, 2.45) is 0 Å². The Kier molecular flexibility index (Phi) is 4.22. The molecule has 2 aliphatic rings. The number of amides is 2. The lowest BCUT2D eigenvalue weighted by molar-refractivity contribution is 0.194. The second-order valence-corrected chi connectivity index (χ2v) is 7.77. The van der Waals surface area contributed by atoms with Crippen LogP contribution in [-0.4, -0.2) is 34.0 Å². The summed E-state index contributed by atoms with van der Waals surface area (Å²) in [5.41, 5.74) is 3.16. The molecular formula is C18H22N4OS. The lowest BCUT2D eigenvalue weighted by Gasteiger charge is -2.31. The summed E-state index contributed by atoms with van der Waals surface area (Å²) in [5, 5.41) is 4.30. The lowest BCUT2D eigenvalue weighted by atomic mass is 9.98. The van der Waals surface area contributed by atoms with Crippen molar-refractivity contribution in [3.05, 3.63) is 39.6 Å². The van der Waals surface area contributed by atoms with Crippen molar-refractivity contribution in [3.63, 3.8) is 0 Å². The molecule has 0 aromatic carbocycles. The van der Waals surface area contributed by atoms with Crippen molar-refractivity contribution in [2.45, 2.75) is 44.9 Å². The summed E-state index contributed by atoms with van der Waals surface area (Å²) >= 11 is 1.91. The highest BCUT2D eigenvalue weighted by Crippen LogP contribution is 2.36. The molecule has 2 aromatic heterocycles. The SMILES string of the molecule is Cc1cnccc1NC(=O)N1CCC(c2nc3c(s2)CCC3)CC1. The van der Waals surface area contributed by atoms with Gasteiger partial charge in [-0.2, -0.15) is 0 Å². The third-order valence-electron chi connectivity index (χ3n) is 5.01. The number of nitrogens with one attached hydrogen (secondary N) is 1. The fourth-order valence-electron chi connectivity index (χ4n) is 3.52. The van der Waals surface area contributed by atoms with Crippen LogP contribution in [0.2, 0.25) is 0 Å². The second kappa shape index (κ2) is 6.51. The highest BCUT2D eigenvalue weighted by Gasteiger charge is 2.27. The number of nitrogens with zero attached hydrogens (tertiary/aromatic N) is 3. The summed E-state index contributed by atoms with van der Waals surface area (Å²) in [6, 6.07) is 1.83. The molecule has 1 aliphatic carbocycles. The largest absolute Gasteiger partial charge is 0.324 e. The first-order valence-electron chi connectivity index (χ1n) is 8.66. The highest BCUT2D eigenvalue weighted by atomic mass is 32.1. The number of carbonyl (C=O) groups is 1. The third-order valence-corrected chi connectivity index (χ3v) is 6.33. The van der Waals surface area contributed by atoms with Crippen LogP contribution in [-0.2, 0) is 12.8 Å². The Morgan fingerprint density at radius 2 is 2.17 bits per heavy atom. The highest BCUT2D eigenvalue weighted by molar-refractivity contribution is 7.11. The molecule has 0 spiro atoms. The van der Waals surface area contributed by atoms with Crippen LogP contribution in [0, 0.1) is 6.92 Å². The molecule has 1 saturated heterocycles. The van der Waals surface area contributed by atoms with Crippen molar-refractivity contribution in [1.29, 1.82) is 0 Å². The summed E-state index contributed by atoms with van der Waals surface area (Å²) in [7, 11) is 0. The summed E-state index contributed by atoms with van der Waals surface area (Å²) in [6.45, 7) is 3.55. The molecule has 6 heteroatoms. The van der Waals surface area contributed by atoms with Crippen LogP contribution in [0.3, 0.4) is 0 Å². The van der Waals surface area contributed by atoms with Gasteiger partial charge in [-0.05, 0) is 50.7 Å².